The van der Waals surface area contributed by atoms with Crippen LogP contribution in [0.1, 0.15) is 104 Å². The van der Waals surface area contributed by atoms with Crippen LogP contribution in [-0.2, 0) is 0 Å². The summed E-state index contributed by atoms with van der Waals surface area (Å²) < 4.78 is 0. The minimum atomic E-state index is 0.753. The van der Waals surface area contributed by atoms with E-state index in [1.807, 2.05) is 0 Å². The summed E-state index contributed by atoms with van der Waals surface area (Å²) in [6, 6.07) is 0.753. The number of nitrogens with zero attached hydrogens (tertiary/aromatic N) is 1. The van der Waals surface area contributed by atoms with Gasteiger partial charge in [0.2, 0.25) is 0 Å². The Morgan fingerprint density at radius 2 is 0.950 bits per heavy atom. The third kappa shape index (κ3) is 14.4. The molecule has 0 N–H and O–H groups in total. The first-order valence-electron chi connectivity index (χ1n) is 9.35. The second-order valence-corrected chi connectivity index (χ2v) is 6.84. The standard InChI is InChI=1S/C19H41N/c1-5-6-7-8-9-10-11-12-13-14-15-16-17-18-19(2)20(3)4/h19H,5-18H2,1-4H3. The lowest BCUT2D eigenvalue weighted by atomic mass is 10.0. The molecule has 0 aromatic heterocycles. The van der Waals surface area contributed by atoms with E-state index in [1.165, 1.54) is 89.9 Å². The molecular weight excluding hydrogens is 242 g/mol. The third-order valence-electron chi connectivity index (χ3n) is 4.61. The Balaban J connectivity index is 3.03. The van der Waals surface area contributed by atoms with Gasteiger partial charge in [-0.15, -0.1) is 0 Å². The fraction of sp³-hybridized carbons (Fsp3) is 1.00. The highest BCUT2D eigenvalue weighted by molar-refractivity contribution is 4.59. The molecule has 0 aliphatic heterocycles. The number of hydrogen-bond acceptors (Lipinski definition) is 1. The topological polar surface area (TPSA) is 3.24 Å². The fourth-order valence-corrected chi connectivity index (χ4v) is 2.72. The van der Waals surface area contributed by atoms with Gasteiger partial charge in [0.1, 0.15) is 0 Å². The van der Waals surface area contributed by atoms with Crippen molar-refractivity contribution in [3.63, 3.8) is 0 Å². The molecule has 0 aliphatic rings. The van der Waals surface area contributed by atoms with E-state index in [4.69, 9.17) is 0 Å². The molecule has 1 nitrogen and oxygen atoms in total. The minimum absolute atomic E-state index is 0.753. The zero-order chi connectivity index (χ0) is 15.1. The van der Waals surface area contributed by atoms with Crippen molar-refractivity contribution in [1.29, 1.82) is 0 Å². The Morgan fingerprint density at radius 1 is 0.600 bits per heavy atom. The van der Waals surface area contributed by atoms with Crippen molar-refractivity contribution < 1.29 is 0 Å². The molecule has 1 unspecified atom stereocenters. The summed E-state index contributed by atoms with van der Waals surface area (Å²) >= 11 is 0. The highest BCUT2D eigenvalue weighted by atomic mass is 15.1. The first-order valence-corrected chi connectivity index (χ1v) is 9.35. The van der Waals surface area contributed by atoms with Gasteiger partial charge in [-0.25, -0.2) is 0 Å². The van der Waals surface area contributed by atoms with Crippen LogP contribution >= 0.6 is 0 Å². The summed E-state index contributed by atoms with van der Waals surface area (Å²) in [6.45, 7) is 4.63. The van der Waals surface area contributed by atoms with E-state index in [2.05, 4.69) is 32.8 Å². The van der Waals surface area contributed by atoms with E-state index < -0.39 is 0 Å². The average molecular weight is 284 g/mol. The predicted octanol–water partition coefficient (Wildman–Crippen LogP) is 6.42. The van der Waals surface area contributed by atoms with Gasteiger partial charge in [0, 0.05) is 6.04 Å². The summed E-state index contributed by atoms with van der Waals surface area (Å²) in [6.07, 6.45) is 20.2. The molecule has 0 saturated carbocycles. The molecule has 0 rings (SSSR count). The first kappa shape index (κ1) is 20.0. The van der Waals surface area contributed by atoms with E-state index in [0.29, 0.717) is 0 Å². The molecule has 20 heavy (non-hydrogen) atoms. The van der Waals surface area contributed by atoms with E-state index in [0.717, 1.165) is 6.04 Å². The SMILES string of the molecule is CCCCCCCCCCCCCCCC(C)N(C)C. The van der Waals surface area contributed by atoms with Crippen LogP contribution < -0.4 is 0 Å². The zero-order valence-electron chi connectivity index (χ0n) is 14.9. The molecule has 0 radical (unpaired) electrons. The predicted molar refractivity (Wildman–Crippen MR) is 93.5 cm³/mol. The Morgan fingerprint density at radius 3 is 1.30 bits per heavy atom. The van der Waals surface area contributed by atoms with Crippen LogP contribution in [0.3, 0.4) is 0 Å². The Labute approximate surface area is 129 Å². The van der Waals surface area contributed by atoms with Crippen LogP contribution in [0.4, 0.5) is 0 Å². The Bertz CT molecular complexity index is 177. The van der Waals surface area contributed by atoms with Crippen molar-refractivity contribution in [3.05, 3.63) is 0 Å². The lowest BCUT2D eigenvalue weighted by Gasteiger charge is -2.19. The van der Waals surface area contributed by atoms with Crippen LogP contribution in [0.15, 0.2) is 0 Å². The van der Waals surface area contributed by atoms with E-state index in [-0.39, 0.29) is 0 Å². The largest absolute Gasteiger partial charge is 0.307 e. The molecule has 0 heterocycles. The van der Waals surface area contributed by atoms with Crippen molar-refractivity contribution in [2.45, 2.75) is 110 Å². The van der Waals surface area contributed by atoms with Crippen molar-refractivity contribution in [2.24, 2.45) is 0 Å². The van der Waals surface area contributed by atoms with Crippen LogP contribution in [0, 0.1) is 0 Å². The summed E-state index contributed by atoms with van der Waals surface area (Å²) in [7, 11) is 4.37. The van der Waals surface area contributed by atoms with Gasteiger partial charge >= 0.3 is 0 Å². The second kappa shape index (κ2) is 15.4. The maximum absolute atomic E-state index is 2.33. The summed E-state index contributed by atoms with van der Waals surface area (Å²) in [5.74, 6) is 0. The second-order valence-electron chi connectivity index (χ2n) is 6.84. The molecule has 1 atom stereocenters. The quantitative estimate of drug-likeness (QED) is 0.313. The third-order valence-corrected chi connectivity index (χ3v) is 4.61. The summed E-state index contributed by atoms with van der Waals surface area (Å²) in [5, 5.41) is 0. The van der Waals surface area contributed by atoms with Gasteiger partial charge in [0.05, 0.1) is 0 Å². The molecule has 1 heteroatoms. The zero-order valence-corrected chi connectivity index (χ0v) is 14.9. The summed E-state index contributed by atoms with van der Waals surface area (Å²) in [5.41, 5.74) is 0. The maximum atomic E-state index is 2.33. The van der Waals surface area contributed by atoms with Gasteiger partial charge in [0.15, 0.2) is 0 Å². The van der Waals surface area contributed by atoms with Gasteiger partial charge in [-0.2, -0.15) is 0 Å². The number of rotatable bonds is 15. The van der Waals surface area contributed by atoms with Crippen molar-refractivity contribution in [3.8, 4) is 0 Å². The first-order chi connectivity index (χ1) is 9.68. The molecule has 0 aliphatic carbocycles. The normalized spacial score (nSPS) is 13.1. The number of unbranched alkanes of at least 4 members (excludes halogenated alkanes) is 12. The van der Waals surface area contributed by atoms with Crippen molar-refractivity contribution in [1.82, 2.24) is 4.90 Å². The van der Waals surface area contributed by atoms with Gasteiger partial charge in [-0.05, 0) is 27.4 Å². The Kier molecular flexibility index (Phi) is 15.3. The van der Waals surface area contributed by atoms with E-state index in [9.17, 15) is 0 Å². The highest BCUT2D eigenvalue weighted by Gasteiger charge is 2.02. The van der Waals surface area contributed by atoms with Gasteiger partial charge < -0.3 is 4.90 Å². The molecule has 0 aromatic carbocycles. The van der Waals surface area contributed by atoms with Crippen LogP contribution in [0.5, 0.6) is 0 Å². The molecule has 0 saturated heterocycles. The number of hydrogen-bond donors (Lipinski definition) is 0. The molecule has 122 valence electrons. The maximum Gasteiger partial charge on any atom is 0.00608 e. The van der Waals surface area contributed by atoms with E-state index in [1.54, 1.807) is 0 Å². The van der Waals surface area contributed by atoms with Crippen LogP contribution in [-0.4, -0.2) is 25.0 Å². The molecule has 0 amide bonds. The summed E-state index contributed by atoms with van der Waals surface area (Å²) in [4.78, 5) is 2.33. The van der Waals surface area contributed by atoms with Gasteiger partial charge in [-0.1, -0.05) is 90.4 Å². The van der Waals surface area contributed by atoms with Gasteiger partial charge in [-0.3, -0.25) is 0 Å². The smallest absolute Gasteiger partial charge is 0.00608 e. The molecule has 0 aromatic rings. The fourth-order valence-electron chi connectivity index (χ4n) is 2.72. The lowest BCUT2D eigenvalue weighted by molar-refractivity contribution is 0.291. The van der Waals surface area contributed by atoms with Crippen molar-refractivity contribution in [2.75, 3.05) is 14.1 Å². The van der Waals surface area contributed by atoms with Crippen molar-refractivity contribution >= 4 is 0 Å². The average Bonchev–Trinajstić information content (AvgIpc) is 2.43. The highest BCUT2D eigenvalue weighted by Crippen LogP contribution is 2.13. The monoisotopic (exact) mass is 283 g/mol. The molecule has 0 spiro atoms. The van der Waals surface area contributed by atoms with Crippen LogP contribution in [0.25, 0.3) is 0 Å². The molecular formula is C19H41N. The minimum Gasteiger partial charge on any atom is -0.307 e. The lowest BCUT2D eigenvalue weighted by Crippen LogP contribution is -2.24. The van der Waals surface area contributed by atoms with Gasteiger partial charge in [0.25, 0.3) is 0 Å². The van der Waals surface area contributed by atoms with Crippen LogP contribution in [0.2, 0.25) is 0 Å². The van der Waals surface area contributed by atoms with E-state index >= 15 is 0 Å². The molecule has 0 fully saturated rings. The Hall–Kier alpha value is -0.0400. The molecule has 0 bridgehead atoms.